The Morgan fingerprint density at radius 3 is 2.50 bits per heavy atom. The van der Waals surface area contributed by atoms with E-state index in [9.17, 15) is 4.79 Å². The van der Waals surface area contributed by atoms with Crippen LogP contribution in [0.3, 0.4) is 0 Å². The molecule has 0 N–H and O–H groups in total. The highest BCUT2D eigenvalue weighted by molar-refractivity contribution is 6.30. The molecule has 0 radical (unpaired) electrons. The molecule has 4 nitrogen and oxygen atoms in total. The lowest BCUT2D eigenvalue weighted by molar-refractivity contribution is -0.137. The minimum atomic E-state index is -0.0180. The van der Waals surface area contributed by atoms with Gasteiger partial charge in [0.05, 0.1) is 6.54 Å². The van der Waals surface area contributed by atoms with E-state index in [-0.39, 0.29) is 18.6 Å². The molecule has 1 atom stereocenters. The van der Waals surface area contributed by atoms with Gasteiger partial charge in [0.25, 0.3) is 5.91 Å². The van der Waals surface area contributed by atoms with Crippen LogP contribution in [-0.4, -0.2) is 28.0 Å². The summed E-state index contributed by atoms with van der Waals surface area (Å²) >= 11 is 6.14. The molecule has 5 heteroatoms. The van der Waals surface area contributed by atoms with E-state index in [1.54, 1.807) is 0 Å². The molecular weight excluding hydrogens is 396 g/mol. The van der Waals surface area contributed by atoms with Gasteiger partial charge in [-0.2, -0.15) is 0 Å². The van der Waals surface area contributed by atoms with Crippen molar-refractivity contribution in [1.82, 2.24) is 9.47 Å². The number of hydrogen-bond acceptors (Lipinski definition) is 2. The first-order chi connectivity index (χ1) is 14.4. The van der Waals surface area contributed by atoms with E-state index >= 15 is 0 Å². The molecule has 2 aromatic carbocycles. The Hall–Kier alpha value is -2.72. The standard InChI is InChI=1S/C25H29ClN2O2/c1-19(2)20(3)28(25(29)18-30-24-12-5-4-6-13-24)17-23-11-8-14-27(23)16-21-9-7-10-22(26)15-21/h4-15,19-20H,16-18H2,1-3H3/t20-/m0/s1. The lowest BCUT2D eigenvalue weighted by atomic mass is 10.0. The van der Waals surface area contributed by atoms with E-state index in [2.05, 4.69) is 37.5 Å². The zero-order chi connectivity index (χ0) is 21.5. The van der Waals surface area contributed by atoms with Gasteiger partial charge < -0.3 is 14.2 Å². The molecule has 158 valence electrons. The molecule has 0 unspecified atom stereocenters. The fraction of sp³-hybridized carbons (Fsp3) is 0.320. The van der Waals surface area contributed by atoms with Gasteiger partial charge in [0.15, 0.2) is 6.61 Å². The maximum absolute atomic E-state index is 13.1. The summed E-state index contributed by atoms with van der Waals surface area (Å²) in [4.78, 5) is 15.0. The van der Waals surface area contributed by atoms with E-state index in [0.717, 1.165) is 16.3 Å². The molecule has 3 rings (SSSR count). The highest BCUT2D eigenvalue weighted by atomic mass is 35.5. The zero-order valence-electron chi connectivity index (χ0n) is 17.8. The number of amides is 1. The van der Waals surface area contributed by atoms with Crippen molar-refractivity contribution in [3.8, 4) is 5.75 Å². The quantitative estimate of drug-likeness (QED) is 0.445. The van der Waals surface area contributed by atoms with Crippen molar-refractivity contribution >= 4 is 17.5 Å². The zero-order valence-corrected chi connectivity index (χ0v) is 18.5. The van der Waals surface area contributed by atoms with Crippen LogP contribution in [0.25, 0.3) is 0 Å². The Morgan fingerprint density at radius 2 is 1.80 bits per heavy atom. The number of ether oxygens (including phenoxy) is 1. The maximum atomic E-state index is 13.1. The number of carbonyl (C=O) groups is 1. The van der Waals surface area contributed by atoms with Crippen molar-refractivity contribution in [3.63, 3.8) is 0 Å². The Bertz CT molecular complexity index is 953. The monoisotopic (exact) mass is 424 g/mol. The van der Waals surface area contributed by atoms with Gasteiger partial charge in [0.2, 0.25) is 0 Å². The fourth-order valence-electron chi connectivity index (χ4n) is 3.32. The largest absolute Gasteiger partial charge is 0.484 e. The maximum Gasteiger partial charge on any atom is 0.261 e. The number of benzene rings is 2. The third kappa shape index (κ3) is 5.90. The Balaban J connectivity index is 1.74. The summed E-state index contributed by atoms with van der Waals surface area (Å²) in [7, 11) is 0. The van der Waals surface area contributed by atoms with Gasteiger partial charge >= 0.3 is 0 Å². The highest BCUT2D eigenvalue weighted by Crippen LogP contribution is 2.18. The van der Waals surface area contributed by atoms with Crippen molar-refractivity contribution in [3.05, 3.63) is 89.2 Å². The van der Waals surface area contributed by atoms with Gasteiger partial charge in [-0.15, -0.1) is 0 Å². The van der Waals surface area contributed by atoms with Gasteiger partial charge in [-0.1, -0.05) is 55.8 Å². The van der Waals surface area contributed by atoms with E-state index in [0.29, 0.717) is 24.8 Å². The summed E-state index contributed by atoms with van der Waals surface area (Å²) in [5, 5.41) is 0.726. The highest BCUT2D eigenvalue weighted by Gasteiger charge is 2.24. The third-order valence-electron chi connectivity index (χ3n) is 5.38. The van der Waals surface area contributed by atoms with Crippen LogP contribution in [0.4, 0.5) is 0 Å². The first kappa shape index (κ1) is 22.0. The molecule has 0 aliphatic heterocycles. The van der Waals surface area contributed by atoms with Crippen LogP contribution in [0, 0.1) is 5.92 Å². The lowest BCUT2D eigenvalue weighted by Gasteiger charge is -2.32. The molecule has 0 saturated carbocycles. The fourth-order valence-corrected chi connectivity index (χ4v) is 3.53. The Kier molecular flexibility index (Phi) is 7.58. The molecule has 0 saturated heterocycles. The van der Waals surface area contributed by atoms with Crippen LogP contribution in [0.2, 0.25) is 5.02 Å². The summed E-state index contributed by atoms with van der Waals surface area (Å²) in [5.74, 6) is 1.02. The van der Waals surface area contributed by atoms with Crippen molar-refractivity contribution < 1.29 is 9.53 Å². The second kappa shape index (κ2) is 10.4. The van der Waals surface area contributed by atoms with E-state index in [1.807, 2.05) is 65.7 Å². The van der Waals surface area contributed by atoms with E-state index in [4.69, 9.17) is 16.3 Å². The molecule has 0 fully saturated rings. The minimum absolute atomic E-state index is 0.0180. The van der Waals surface area contributed by atoms with Crippen LogP contribution < -0.4 is 4.74 Å². The number of hydrogen-bond donors (Lipinski definition) is 0. The minimum Gasteiger partial charge on any atom is -0.484 e. The number of halogens is 1. The van der Waals surface area contributed by atoms with Crippen molar-refractivity contribution in [2.24, 2.45) is 5.92 Å². The van der Waals surface area contributed by atoms with Crippen molar-refractivity contribution in [1.29, 1.82) is 0 Å². The summed E-state index contributed by atoms with van der Waals surface area (Å²) in [6, 6.07) is 21.5. The Labute approximate surface area is 184 Å². The molecule has 30 heavy (non-hydrogen) atoms. The predicted molar refractivity (Wildman–Crippen MR) is 122 cm³/mol. The van der Waals surface area contributed by atoms with Crippen molar-refractivity contribution in [2.75, 3.05) is 6.61 Å². The predicted octanol–water partition coefficient (Wildman–Crippen LogP) is 5.64. The molecule has 1 heterocycles. The summed E-state index contributed by atoms with van der Waals surface area (Å²) in [6.07, 6.45) is 2.04. The average Bonchev–Trinajstić information content (AvgIpc) is 3.17. The van der Waals surface area contributed by atoms with Gasteiger partial charge in [-0.3, -0.25) is 4.79 Å². The van der Waals surface area contributed by atoms with Crippen molar-refractivity contribution in [2.45, 2.75) is 39.9 Å². The second-order valence-corrected chi connectivity index (χ2v) is 8.30. The van der Waals surface area contributed by atoms with Crippen LogP contribution in [-0.2, 0) is 17.9 Å². The number of nitrogens with zero attached hydrogens (tertiary/aromatic N) is 2. The molecule has 1 aromatic heterocycles. The summed E-state index contributed by atoms with van der Waals surface area (Å²) < 4.78 is 7.89. The number of para-hydroxylation sites is 1. The number of rotatable bonds is 9. The molecule has 0 spiro atoms. The molecule has 1 amide bonds. The summed E-state index contributed by atoms with van der Waals surface area (Å²) in [5.41, 5.74) is 2.21. The number of carbonyl (C=O) groups excluding carboxylic acids is 1. The smallest absolute Gasteiger partial charge is 0.261 e. The van der Waals surface area contributed by atoms with Gasteiger partial charge in [-0.05, 0) is 54.8 Å². The van der Waals surface area contributed by atoms with Crippen LogP contribution >= 0.6 is 11.6 Å². The molecule has 0 aliphatic rings. The lowest BCUT2D eigenvalue weighted by Crippen LogP contribution is -2.43. The normalized spacial score (nSPS) is 12.0. The van der Waals surface area contributed by atoms with Crippen LogP contribution in [0.1, 0.15) is 32.0 Å². The average molecular weight is 425 g/mol. The number of aromatic nitrogens is 1. The third-order valence-corrected chi connectivity index (χ3v) is 5.62. The molecule has 0 bridgehead atoms. The SMILES string of the molecule is CC(C)[C@H](C)N(Cc1cccn1Cc1cccc(Cl)c1)C(=O)COc1ccccc1. The van der Waals surface area contributed by atoms with E-state index in [1.165, 1.54) is 0 Å². The molecule has 3 aromatic rings. The molecular formula is C25H29ClN2O2. The van der Waals surface area contributed by atoms with Crippen LogP contribution in [0.15, 0.2) is 72.9 Å². The van der Waals surface area contributed by atoms with E-state index < -0.39 is 0 Å². The first-order valence-electron chi connectivity index (χ1n) is 10.3. The Morgan fingerprint density at radius 1 is 1.03 bits per heavy atom. The molecule has 0 aliphatic carbocycles. The van der Waals surface area contributed by atoms with Gasteiger partial charge in [0, 0.05) is 29.5 Å². The van der Waals surface area contributed by atoms with Crippen LogP contribution in [0.5, 0.6) is 5.75 Å². The summed E-state index contributed by atoms with van der Waals surface area (Å²) in [6.45, 7) is 7.62. The first-order valence-corrected chi connectivity index (χ1v) is 10.7. The van der Waals surface area contributed by atoms with Gasteiger partial charge in [0.1, 0.15) is 5.75 Å². The second-order valence-electron chi connectivity index (χ2n) is 7.87. The van der Waals surface area contributed by atoms with Gasteiger partial charge in [-0.25, -0.2) is 0 Å². The topological polar surface area (TPSA) is 34.5 Å².